The molecule has 0 saturated heterocycles. The summed E-state index contributed by atoms with van der Waals surface area (Å²) in [5, 5.41) is 18.2. The molecule has 23 heavy (non-hydrogen) atoms. The van der Waals surface area contributed by atoms with E-state index >= 15 is 0 Å². The van der Waals surface area contributed by atoms with Crippen molar-refractivity contribution in [3.05, 3.63) is 64.9 Å². The Bertz CT molecular complexity index is 771. The summed E-state index contributed by atoms with van der Waals surface area (Å²) in [6.07, 6.45) is 0.552. The van der Waals surface area contributed by atoms with Crippen molar-refractivity contribution >= 4 is 21.6 Å². The molecule has 0 unspecified atom stereocenters. The summed E-state index contributed by atoms with van der Waals surface area (Å²) in [4.78, 5) is 12.0. The summed E-state index contributed by atoms with van der Waals surface area (Å²) < 4.78 is 22.3. The lowest BCUT2D eigenvalue weighted by Crippen LogP contribution is -2.25. The van der Waals surface area contributed by atoms with Crippen LogP contribution in [0.3, 0.4) is 0 Å². The predicted molar refractivity (Wildman–Crippen MR) is 87.3 cm³/mol. The van der Waals surface area contributed by atoms with E-state index in [0.717, 1.165) is 5.56 Å². The second-order valence-corrected chi connectivity index (χ2v) is 6.44. The molecule has 0 fully saturated rings. The van der Waals surface area contributed by atoms with Gasteiger partial charge in [-0.3, -0.25) is 4.79 Å². The molecule has 0 aliphatic rings. The Morgan fingerprint density at radius 2 is 1.65 bits per heavy atom. The third-order valence-electron chi connectivity index (χ3n) is 3.22. The quantitative estimate of drug-likeness (QED) is 0.685. The summed E-state index contributed by atoms with van der Waals surface area (Å²) in [5.74, 6) is -0.247. The Morgan fingerprint density at radius 3 is 2.17 bits per heavy atom. The Kier molecular flexibility index (Phi) is 5.32. The zero-order chi connectivity index (χ0) is 16.9. The molecule has 0 aliphatic heterocycles. The lowest BCUT2D eigenvalue weighted by atomic mass is 10.1. The number of benzene rings is 2. The van der Waals surface area contributed by atoms with Crippen molar-refractivity contribution in [2.24, 2.45) is 5.14 Å². The SMILES string of the molecule is NS(=O)(=O)c1ccc(CCNC(=O)c2ccc(N[O-])cc2)cc1. The molecule has 1 amide bonds. The van der Waals surface area contributed by atoms with Gasteiger partial charge < -0.3 is 16.0 Å². The molecule has 2 rings (SSSR count). The maximum atomic E-state index is 11.9. The summed E-state index contributed by atoms with van der Waals surface area (Å²) >= 11 is 0. The highest BCUT2D eigenvalue weighted by Gasteiger charge is 2.07. The number of amides is 1. The van der Waals surface area contributed by atoms with Crippen LogP contribution in [-0.2, 0) is 16.4 Å². The smallest absolute Gasteiger partial charge is 0.251 e. The summed E-state index contributed by atoms with van der Waals surface area (Å²) in [6.45, 7) is 0.398. The van der Waals surface area contributed by atoms with E-state index in [4.69, 9.17) is 5.14 Å². The zero-order valence-electron chi connectivity index (χ0n) is 12.2. The monoisotopic (exact) mass is 334 g/mol. The largest absolute Gasteiger partial charge is 0.761 e. The normalized spacial score (nSPS) is 11.0. The molecular weight excluding hydrogens is 318 g/mol. The van der Waals surface area contributed by atoms with Gasteiger partial charge in [0.1, 0.15) is 0 Å². The number of carbonyl (C=O) groups is 1. The average Bonchev–Trinajstić information content (AvgIpc) is 2.54. The topological polar surface area (TPSA) is 124 Å². The molecule has 0 atom stereocenters. The molecule has 0 aliphatic carbocycles. The van der Waals surface area contributed by atoms with E-state index in [1.807, 2.05) is 0 Å². The minimum absolute atomic E-state index is 0.0531. The second-order valence-electron chi connectivity index (χ2n) is 4.87. The first-order valence-corrected chi connectivity index (χ1v) is 8.33. The van der Waals surface area contributed by atoms with E-state index in [2.05, 4.69) is 5.32 Å². The van der Waals surface area contributed by atoms with Crippen LogP contribution in [0.5, 0.6) is 0 Å². The second kappa shape index (κ2) is 7.23. The number of hydrogen-bond donors (Lipinski definition) is 3. The number of sulfonamides is 1. The lowest BCUT2D eigenvalue weighted by molar-refractivity contribution is 0.0954. The first-order chi connectivity index (χ1) is 10.9. The van der Waals surface area contributed by atoms with Gasteiger partial charge in [0.15, 0.2) is 0 Å². The zero-order valence-corrected chi connectivity index (χ0v) is 13.0. The third kappa shape index (κ3) is 4.78. The Morgan fingerprint density at radius 1 is 1.04 bits per heavy atom. The minimum Gasteiger partial charge on any atom is -0.761 e. The van der Waals surface area contributed by atoms with Crippen LogP contribution in [-0.4, -0.2) is 20.9 Å². The molecular formula is C15H16N3O4S-. The highest BCUT2D eigenvalue weighted by atomic mass is 32.2. The fourth-order valence-electron chi connectivity index (χ4n) is 1.96. The van der Waals surface area contributed by atoms with Crippen LogP contribution in [0.2, 0.25) is 0 Å². The molecule has 0 saturated carbocycles. The number of hydrogen-bond acceptors (Lipinski definition) is 5. The Labute approximate surface area is 134 Å². The van der Waals surface area contributed by atoms with Crippen molar-refractivity contribution in [1.82, 2.24) is 5.32 Å². The van der Waals surface area contributed by atoms with Crippen molar-refractivity contribution in [2.75, 3.05) is 12.0 Å². The van der Waals surface area contributed by atoms with Crippen molar-refractivity contribution < 1.29 is 13.2 Å². The van der Waals surface area contributed by atoms with Crippen LogP contribution in [0.1, 0.15) is 15.9 Å². The van der Waals surface area contributed by atoms with E-state index in [1.54, 1.807) is 29.7 Å². The van der Waals surface area contributed by atoms with Crippen LogP contribution in [0.4, 0.5) is 5.69 Å². The molecule has 122 valence electrons. The Balaban J connectivity index is 1.87. The number of rotatable bonds is 6. The van der Waals surface area contributed by atoms with Gasteiger partial charge >= 0.3 is 0 Å². The van der Waals surface area contributed by atoms with Gasteiger partial charge in [0.05, 0.1) is 4.90 Å². The van der Waals surface area contributed by atoms with E-state index in [9.17, 15) is 18.4 Å². The maximum Gasteiger partial charge on any atom is 0.251 e. The molecule has 4 N–H and O–H groups in total. The third-order valence-corrected chi connectivity index (χ3v) is 4.15. The molecule has 8 heteroatoms. The molecule has 2 aromatic rings. The van der Waals surface area contributed by atoms with Crippen molar-refractivity contribution in [3.8, 4) is 0 Å². The van der Waals surface area contributed by atoms with Crippen LogP contribution < -0.4 is 15.9 Å². The fraction of sp³-hybridized carbons (Fsp3) is 0.133. The van der Waals surface area contributed by atoms with E-state index < -0.39 is 10.0 Å². The van der Waals surface area contributed by atoms with Gasteiger partial charge in [0.25, 0.3) is 5.91 Å². The molecule has 0 spiro atoms. The van der Waals surface area contributed by atoms with Gasteiger partial charge in [-0.15, -0.1) is 0 Å². The lowest BCUT2D eigenvalue weighted by Gasteiger charge is -2.10. The number of nitrogens with one attached hydrogen (secondary N) is 2. The first-order valence-electron chi connectivity index (χ1n) is 6.78. The molecule has 0 bridgehead atoms. The van der Waals surface area contributed by atoms with Crippen LogP contribution in [0.15, 0.2) is 53.4 Å². The summed E-state index contributed by atoms with van der Waals surface area (Å²) in [5.41, 5.74) is 3.46. The molecule has 7 nitrogen and oxygen atoms in total. The molecule has 2 aromatic carbocycles. The van der Waals surface area contributed by atoms with Crippen LogP contribution in [0, 0.1) is 5.21 Å². The maximum absolute atomic E-state index is 11.9. The van der Waals surface area contributed by atoms with Gasteiger partial charge in [0, 0.05) is 17.8 Å². The summed E-state index contributed by atoms with van der Waals surface area (Å²) in [7, 11) is -3.69. The van der Waals surface area contributed by atoms with Gasteiger partial charge in [-0.1, -0.05) is 12.1 Å². The highest BCUT2D eigenvalue weighted by Crippen LogP contribution is 2.10. The van der Waals surface area contributed by atoms with Crippen LogP contribution >= 0.6 is 0 Å². The molecule has 0 heterocycles. The number of nitrogens with two attached hydrogens (primary N) is 1. The van der Waals surface area contributed by atoms with Gasteiger partial charge in [-0.25, -0.2) is 13.6 Å². The number of primary sulfonamides is 1. The number of carbonyl (C=O) groups excluding carboxylic acids is 1. The van der Waals surface area contributed by atoms with Crippen molar-refractivity contribution in [3.63, 3.8) is 0 Å². The van der Waals surface area contributed by atoms with Gasteiger partial charge in [-0.2, -0.15) is 0 Å². The minimum atomic E-state index is -3.69. The average molecular weight is 334 g/mol. The number of anilines is 1. The first kappa shape index (κ1) is 16.9. The fourth-order valence-corrected chi connectivity index (χ4v) is 2.47. The highest BCUT2D eigenvalue weighted by molar-refractivity contribution is 7.89. The summed E-state index contributed by atoms with van der Waals surface area (Å²) in [6, 6.07) is 12.3. The van der Waals surface area contributed by atoms with Crippen molar-refractivity contribution in [2.45, 2.75) is 11.3 Å². The van der Waals surface area contributed by atoms with E-state index in [0.29, 0.717) is 24.2 Å². The molecule has 0 aromatic heterocycles. The van der Waals surface area contributed by atoms with E-state index in [1.165, 1.54) is 24.3 Å². The van der Waals surface area contributed by atoms with Crippen molar-refractivity contribution in [1.29, 1.82) is 0 Å². The van der Waals surface area contributed by atoms with Crippen LogP contribution in [0.25, 0.3) is 0 Å². The van der Waals surface area contributed by atoms with Gasteiger partial charge in [-0.05, 0) is 48.4 Å². The van der Waals surface area contributed by atoms with E-state index in [-0.39, 0.29) is 10.8 Å². The standard InChI is InChI=1S/C15H16N3O4S/c16-23(21,22)14-7-1-11(2-8-14)9-10-17-15(19)12-3-5-13(18-20)6-4-12/h1-8,18H,9-10H2,(H,17,19)(H2,16,21,22)/q-1. The van der Waals surface area contributed by atoms with Gasteiger partial charge in [0.2, 0.25) is 10.0 Å². The molecule has 0 radical (unpaired) electrons. The Hall–Kier alpha value is -2.42. The predicted octanol–water partition coefficient (Wildman–Crippen LogP) is 1.22.